The van der Waals surface area contributed by atoms with Gasteiger partial charge in [-0.2, -0.15) is 0 Å². The molecule has 0 radical (unpaired) electrons. The third kappa shape index (κ3) is 6.94. The van der Waals surface area contributed by atoms with Gasteiger partial charge in [0.25, 0.3) is 15.9 Å². The second-order valence-electron chi connectivity index (χ2n) is 7.84. The third-order valence-corrected chi connectivity index (χ3v) is 6.62. The lowest BCUT2D eigenvalue weighted by atomic mass is 10.2. The van der Waals surface area contributed by atoms with Crippen molar-refractivity contribution in [3.8, 4) is 5.75 Å². The predicted octanol–water partition coefficient (Wildman–Crippen LogP) is 3.07. The SMILES string of the molecule is CCCCOC(=O)c1ccc(NS(=O)(=O)c2ccc(O[C@@H](C)C(=O)N3CCOCC3)cc2)cc1. The summed E-state index contributed by atoms with van der Waals surface area (Å²) in [5.41, 5.74) is 0.663. The van der Waals surface area contributed by atoms with E-state index >= 15 is 0 Å². The van der Waals surface area contributed by atoms with Crippen LogP contribution in [-0.2, 0) is 24.3 Å². The fourth-order valence-electron chi connectivity index (χ4n) is 3.27. The van der Waals surface area contributed by atoms with Crippen LogP contribution >= 0.6 is 0 Å². The number of rotatable bonds is 10. The average Bonchev–Trinajstić information content (AvgIpc) is 2.84. The first-order valence-electron chi connectivity index (χ1n) is 11.2. The van der Waals surface area contributed by atoms with E-state index in [4.69, 9.17) is 14.2 Å². The Balaban J connectivity index is 1.58. The molecular formula is C24H30N2O7S. The number of carbonyl (C=O) groups excluding carboxylic acids is 2. The van der Waals surface area contributed by atoms with E-state index < -0.39 is 22.1 Å². The van der Waals surface area contributed by atoms with E-state index in [1.165, 1.54) is 48.5 Å². The smallest absolute Gasteiger partial charge is 0.338 e. The monoisotopic (exact) mass is 490 g/mol. The van der Waals surface area contributed by atoms with Gasteiger partial charge in [-0.25, -0.2) is 13.2 Å². The topological polar surface area (TPSA) is 111 Å². The van der Waals surface area contributed by atoms with Crippen LogP contribution in [0.2, 0.25) is 0 Å². The van der Waals surface area contributed by atoms with E-state index in [0.717, 1.165) is 12.8 Å². The minimum absolute atomic E-state index is 0.0371. The molecule has 0 aromatic heterocycles. The Morgan fingerprint density at radius 3 is 2.32 bits per heavy atom. The number of benzene rings is 2. The Hall–Kier alpha value is -3.11. The van der Waals surface area contributed by atoms with Crippen molar-refractivity contribution in [2.24, 2.45) is 0 Å². The number of amides is 1. The highest BCUT2D eigenvalue weighted by atomic mass is 32.2. The number of anilines is 1. The van der Waals surface area contributed by atoms with Gasteiger partial charge in [0, 0.05) is 18.8 Å². The van der Waals surface area contributed by atoms with Gasteiger partial charge in [-0.1, -0.05) is 13.3 Å². The van der Waals surface area contributed by atoms with Crippen molar-refractivity contribution in [2.75, 3.05) is 37.6 Å². The summed E-state index contributed by atoms with van der Waals surface area (Å²) in [5.74, 6) is -0.196. The lowest BCUT2D eigenvalue weighted by Crippen LogP contribution is -2.46. The van der Waals surface area contributed by atoms with Crippen molar-refractivity contribution >= 4 is 27.6 Å². The van der Waals surface area contributed by atoms with E-state index in [1.54, 1.807) is 11.8 Å². The summed E-state index contributed by atoms with van der Waals surface area (Å²) in [6.07, 6.45) is 1.01. The number of carbonyl (C=O) groups is 2. The summed E-state index contributed by atoms with van der Waals surface area (Å²) in [6.45, 7) is 6.07. The van der Waals surface area contributed by atoms with Gasteiger partial charge < -0.3 is 19.1 Å². The van der Waals surface area contributed by atoms with E-state index in [1.807, 2.05) is 6.92 Å². The van der Waals surface area contributed by atoms with Crippen molar-refractivity contribution in [1.82, 2.24) is 4.90 Å². The van der Waals surface area contributed by atoms with Gasteiger partial charge >= 0.3 is 5.97 Å². The van der Waals surface area contributed by atoms with E-state index in [0.29, 0.717) is 49.9 Å². The first kappa shape index (κ1) is 25.5. The van der Waals surface area contributed by atoms with Crippen molar-refractivity contribution in [2.45, 2.75) is 37.7 Å². The summed E-state index contributed by atoms with van der Waals surface area (Å²) in [7, 11) is -3.85. The van der Waals surface area contributed by atoms with Crippen LogP contribution < -0.4 is 9.46 Å². The van der Waals surface area contributed by atoms with Gasteiger partial charge in [0.2, 0.25) is 0 Å². The number of esters is 1. The zero-order valence-electron chi connectivity index (χ0n) is 19.4. The molecule has 1 heterocycles. The van der Waals surface area contributed by atoms with Crippen LogP contribution in [0.4, 0.5) is 5.69 Å². The van der Waals surface area contributed by atoms with Crippen LogP contribution in [-0.4, -0.2) is 64.2 Å². The van der Waals surface area contributed by atoms with E-state index in [-0.39, 0.29) is 10.8 Å². The molecule has 1 atom stereocenters. The molecule has 1 N–H and O–H groups in total. The minimum atomic E-state index is -3.85. The Bertz CT molecular complexity index is 1060. The van der Waals surface area contributed by atoms with Crippen LogP contribution in [0.3, 0.4) is 0 Å². The Labute approximate surface area is 200 Å². The summed E-state index contributed by atoms with van der Waals surface area (Å²) < 4.78 is 44.0. The normalized spacial score (nSPS) is 14.8. The average molecular weight is 491 g/mol. The molecule has 0 spiro atoms. The minimum Gasteiger partial charge on any atom is -0.481 e. The molecule has 0 unspecified atom stereocenters. The van der Waals surface area contributed by atoms with Gasteiger partial charge in [0.15, 0.2) is 6.10 Å². The summed E-state index contributed by atoms with van der Waals surface area (Å²) in [4.78, 5) is 26.2. The Kier molecular flexibility index (Phi) is 8.89. The van der Waals surface area contributed by atoms with E-state index in [2.05, 4.69) is 4.72 Å². The zero-order valence-corrected chi connectivity index (χ0v) is 20.2. The molecule has 1 aliphatic heterocycles. The second-order valence-corrected chi connectivity index (χ2v) is 9.52. The number of hydrogen-bond donors (Lipinski definition) is 1. The highest BCUT2D eigenvalue weighted by Crippen LogP contribution is 2.21. The number of ether oxygens (including phenoxy) is 3. The molecule has 1 saturated heterocycles. The maximum absolute atomic E-state index is 12.7. The predicted molar refractivity (Wildman–Crippen MR) is 126 cm³/mol. The molecule has 34 heavy (non-hydrogen) atoms. The Morgan fingerprint density at radius 2 is 1.71 bits per heavy atom. The fourth-order valence-corrected chi connectivity index (χ4v) is 4.33. The van der Waals surface area contributed by atoms with Crippen LogP contribution in [0.5, 0.6) is 5.75 Å². The van der Waals surface area contributed by atoms with Crippen LogP contribution in [0, 0.1) is 0 Å². The molecule has 0 saturated carbocycles. The van der Waals surface area contributed by atoms with Crippen LogP contribution in [0.1, 0.15) is 37.0 Å². The molecule has 10 heteroatoms. The second kappa shape index (κ2) is 11.8. The van der Waals surface area contributed by atoms with E-state index in [9.17, 15) is 18.0 Å². The number of unbranched alkanes of at least 4 members (excludes halogenated alkanes) is 1. The summed E-state index contributed by atoms with van der Waals surface area (Å²) in [5, 5.41) is 0. The van der Waals surface area contributed by atoms with Gasteiger partial charge in [0.1, 0.15) is 5.75 Å². The van der Waals surface area contributed by atoms with Gasteiger partial charge in [-0.3, -0.25) is 9.52 Å². The number of nitrogens with one attached hydrogen (secondary N) is 1. The van der Waals surface area contributed by atoms with Crippen molar-refractivity contribution < 1.29 is 32.2 Å². The number of nitrogens with zero attached hydrogens (tertiary/aromatic N) is 1. The van der Waals surface area contributed by atoms with Crippen molar-refractivity contribution in [3.63, 3.8) is 0 Å². The highest BCUT2D eigenvalue weighted by molar-refractivity contribution is 7.92. The quantitative estimate of drug-likeness (QED) is 0.402. The van der Waals surface area contributed by atoms with Gasteiger partial charge in [-0.05, 0) is 61.9 Å². The van der Waals surface area contributed by atoms with Crippen LogP contribution in [0.25, 0.3) is 0 Å². The molecule has 184 valence electrons. The lowest BCUT2D eigenvalue weighted by molar-refractivity contribution is -0.142. The molecule has 9 nitrogen and oxygen atoms in total. The summed E-state index contributed by atoms with van der Waals surface area (Å²) >= 11 is 0. The summed E-state index contributed by atoms with van der Waals surface area (Å²) in [6, 6.07) is 11.9. The first-order valence-corrected chi connectivity index (χ1v) is 12.7. The number of hydrogen-bond acceptors (Lipinski definition) is 7. The maximum atomic E-state index is 12.7. The molecular weight excluding hydrogens is 460 g/mol. The fraction of sp³-hybridized carbons (Fsp3) is 0.417. The number of morpholine rings is 1. The molecule has 1 fully saturated rings. The van der Waals surface area contributed by atoms with Crippen molar-refractivity contribution in [1.29, 1.82) is 0 Å². The maximum Gasteiger partial charge on any atom is 0.338 e. The molecule has 2 aromatic carbocycles. The Morgan fingerprint density at radius 1 is 1.06 bits per heavy atom. The number of sulfonamides is 1. The van der Waals surface area contributed by atoms with Crippen molar-refractivity contribution in [3.05, 3.63) is 54.1 Å². The standard InChI is InChI=1S/C24H30N2O7S/c1-3-4-15-32-24(28)19-5-7-20(8-6-19)25-34(29,30)22-11-9-21(10-12-22)33-18(2)23(27)26-13-16-31-17-14-26/h5-12,18,25H,3-4,13-17H2,1-2H3/t18-/m0/s1. The highest BCUT2D eigenvalue weighted by Gasteiger charge is 2.24. The first-order chi connectivity index (χ1) is 16.3. The molecule has 2 aromatic rings. The van der Waals surface area contributed by atoms with Crippen LogP contribution in [0.15, 0.2) is 53.4 Å². The third-order valence-electron chi connectivity index (χ3n) is 5.22. The molecule has 1 aliphatic rings. The van der Waals surface area contributed by atoms with Gasteiger partial charge in [0.05, 0.1) is 30.3 Å². The lowest BCUT2D eigenvalue weighted by Gasteiger charge is -2.29. The molecule has 0 aliphatic carbocycles. The molecule has 0 bridgehead atoms. The largest absolute Gasteiger partial charge is 0.481 e. The molecule has 3 rings (SSSR count). The zero-order chi connectivity index (χ0) is 24.6. The molecule has 1 amide bonds. The van der Waals surface area contributed by atoms with Gasteiger partial charge in [-0.15, -0.1) is 0 Å².